The Balaban J connectivity index is 1.74. The smallest absolute Gasteiger partial charge is 0.233 e. The van der Waals surface area contributed by atoms with E-state index in [2.05, 4.69) is 22.1 Å². The molecule has 158 valence electrons. The van der Waals surface area contributed by atoms with E-state index in [1.165, 1.54) is 11.8 Å². The second-order valence-electron chi connectivity index (χ2n) is 6.75. The number of amides is 1. The van der Waals surface area contributed by atoms with Gasteiger partial charge in [0.05, 0.1) is 23.1 Å². The number of carbonyl (C=O) groups is 1. The molecule has 1 amide bonds. The number of aromatic nitrogens is 3. The number of halogens is 2. The molecule has 3 rings (SSSR count). The van der Waals surface area contributed by atoms with Gasteiger partial charge in [0.2, 0.25) is 5.91 Å². The molecule has 2 atom stereocenters. The van der Waals surface area contributed by atoms with E-state index < -0.39 is 5.25 Å². The van der Waals surface area contributed by atoms with Crippen LogP contribution in [0.4, 0.5) is 0 Å². The van der Waals surface area contributed by atoms with E-state index in [1.54, 1.807) is 24.5 Å². The van der Waals surface area contributed by atoms with Crippen molar-refractivity contribution in [2.75, 3.05) is 0 Å². The number of nitrogens with zero attached hydrogens (tertiary/aromatic N) is 3. The third-order valence-electron chi connectivity index (χ3n) is 4.57. The fourth-order valence-corrected chi connectivity index (χ4v) is 4.40. The van der Waals surface area contributed by atoms with Gasteiger partial charge in [-0.15, -0.1) is 16.8 Å². The van der Waals surface area contributed by atoms with Gasteiger partial charge in [0, 0.05) is 16.6 Å². The van der Waals surface area contributed by atoms with Gasteiger partial charge in [-0.1, -0.05) is 47.1 Å². The minimum atomic E-state index is -0.399. The van der Waals surface area contributed by atoms with E-state index in [0.29, 0.717) is 27.6 Å². The Hall–Kier alpha value is -2.22. The zero-order valence-electron chi connectivity index (χ0n) is 16.9. The van der Waals surface area contributed by atoms with Gasteiger partial charge in [0.1, 0.15) is 5.76 Å². The van der Waals surface area contributed by atoms with Gasteiger partial charge in [-0.3, -0.25) is 9.36 Å². The van der Waals surface area contributed by atoms with Crippen molar-refractivity contribution in [3.63, 3.8) is 0 Å². The first-order valence-corrected chi connectivity index (χ1v) is 11.0. The molecule has 0 fully saturated rings. The van der Waals surface area contributed by atoms with Crippen molar-refractivity contribution in [1.82, 2.24) is 20.1 Å². The van der Waals surface area contributed by atoms with Crippen LogP contribution < -0.4 is 5.32 Å². The molecule has 9 heteroatoms. The maximum Gasteiger partial charge on any atom is 0.233 e. The number of rotatable bonds is 8. The summed E-state index contributed by atoms with van der Waals surface area (Å²) in [5.74, 6) is 1.30. The van der Waals surface area contributed by atoms with E-state index in [9.17, 15) is 4.79 Å². The first-order valence-electron chi connectivity index (χ1n) is 9.32. The average molecular weight is 465 g/mol. The van der Waals surface area contributed by atoms with Gasteiger partial charge >= 0.3 is 0 Å². The van der Waals surface area contributed by atoms with Gasteiger partial charge in [-0.05, 0) is 44.5 Å². The van der Waals surface area contributed by atoms with Crippen LogP contribution in [0.3, 0.4) is 0 Å². The first-order chi connectivity index (χ1) is 14.3. The molecule has 0 bridgehead atoms. The van der Waals surface area contributed by atoms with Crippen LogP contribution in [0.2, 0.25) is 10.0 Å². The van der Waals surface area contributed by atoms with Gasteiger partial charge < -0.3 is 9.73 Å². The van der Waals surface area contributed by atoms with Crippen molar-refractivity contribution in [1.29, 1.82) is 0 Å². The standard InChI is InChI=1S/C21H22Cl2N4O2S/c1-5-9-27-19(17-8-10-29-13(17)3)25-26-21(27)30-14(4)20(28)24-12(2)16-7-6-15(22)11-18(16)23/h5-8,10-12,14H,1,9H2,2-4H3,(H,24,28)/t12-,14-/m1/s1. The van der Waals surface area contributed by atoms with Crippen molar-refractivity contribution >= 4 is 40.9 Å². The summed E-state index contributed by atoms with van der Waals surface area (Å²) in [6.45, 7) is 9.90. The number of aryl methyl sites for hydroxylation is 1. The summed E-state index contributed by atoms with van der Waals surface area (Å²) in [4.78, 5) is 12.8. The average Bonchev–Trinajstić information content (AvgIpc) is 3.28. The van der Waals surface area contributed by atoms with Crippen molar-refractivity contribution in [2.45, 2.75) is 43.8 Å². The minimum absolute atomic E-state index is 0.132. The highest BCUT2D eigenvalue weighted by Gasteiger charge is 2.23. The highest BCUT2D eigenvalue weighted by Crippen LogP contribution is 2.30. The molecule has 0 radical (unpaired) electrons. The molecule has 3 aromatic rings. The molecule has 30 heavy (non-hydrogen) atoms. The number of benzene rings is 1. The van der Waals surface area contributed by atoms with Crippen LogP contribution in [-0.2, 0) is 11.3 Å². The molecule has 0 aliphatic rings. The van der Waals surface area contributed by atoms with Gasteiger partial charge in [0.25, 0.3) is 0 Å². The quantitative estimate of drug-likeness (QED) is 0.341. The summed E-state index contributed by atoms with van der Waals surface area (Å²) >= 11 is 13.5. The minimum Gasteiger partial charge on any atom is -0.469 e. The SMILES string of the molecule is C=CCn1c(S[C@H](C)C(=O)N[C@H](C)c2ccc(Cl)cc2Cl)nnc1-c1ccoc1C. The molecule has 0 aliphatic heterocycles. The number of carbonyl (C=O) groups excluding carboxylic acids is 1. The summed E-state index contributed by atoms with van der Waals surface area (Å²) < 4.78 is 7.30. The first kappa shape index (κ1) is 22.5. The van der Waals surface area contributed by atoms with Crippen molar-refractivity contribution < 1.29 is 9.21 Å². The molecular formula is C21H22Cl2N4O2S. The fourth-order valence-electron chi connectivity index (χ4n) is 2.96. The van der Waals surface area contributed by atoms with Crippen LogP contribution in [-0.4, -0.2) is 25.9 Å². The third-order valence-corrected chi connectivity index (χ3v) is 6.21. The maximum atomic E-state index is 12.8. The lowest BCUT2D eigenvalue weighted by Gasteiger charge is -2.19. The molecule has 6 nitrogen and oxygen atoms in total. The molecule has 0 unspecified atom stereocenters. The summed E-state index contributed by atoms with van der Waals surface area (Å²) in [5.41, 5.74) is 1.67. The second-order valence-corrected chi connectivity index (χ2v) is 8.90. The second kappa shape index (κ2) is 9.73. The van der Waals surface area contributed by atoms with E-state index in [4.69, 9.17) is 27.6 Å². The maximum absolute atomic E-state index is 12.8. The summed E-state index contributed by atoms with van der Waals surface area (Å²) in [6, 6.07) is 6.81. The summed E-state index contributed by atoms with van der Waals surface area (Å²) in [7, 11) is 0. The zero-order chi connectivity index (χ0) is 21.8. The lowest BCUT2D eigenvalue weighted by atomic mass is 10.1. The number of hydrogen-bond acceptors (Lipinski definition) is 5. The lowest BCUT2D eigenvalue weighted by molar-refractivity contribution is -0.120. The van der Waals surface area contributed by atoms with Crippen LogP contribution in [0.15, 0.2) is 52.8 Å². The number of allylic oxidation sites excluding steroid dienone is 1. The van der Waals surface area contributed by atoms with Crippen molar-refractivity contribution in [3.05, 3.63) is 64.6 Å². The molecule has 2 aromatic heterocycles. The molecule has 2 heterocycles. The van der Waals surface area contributed by atoms with Crippen LogP contribution >= 0.6 is 35.0 Å². The third kappa shape index (κ3) is 4.91. The highest BCUT2D eigenvalue weighted by molar-refractivity contribution is 8.00. The Bertz CT molecular complexity index is 1060. The zero-order valence-corrected chi connectivity index (χ0v) is 19.2. The lowest BCUT2D eigenvalue weighted by Crippen LogP contribution is -2.33. The van der Waals surface area contributed by atoms with E-state index >= 15 is 0 Å². The van der Waals surface area contributed by atoms with Crippen LogP contribution in [0.5, 0.6) is 0 Å². The van der Waals surface area contributed by atoms with Gasteiger partial charge in [-0.25, -0.2) is 0 Å². The Labute approximate surface area is 189 Å². The summed E-state index contributed by atoms with van der Waals surface area (Å²) in [6.07, 6.45) is 3.38. The van der Waals surface area contributed by atoms with Crippen LogP contribution in [0.25, 0.3) is 11.4 Å². The molecule has 0 spiro atoms. The molecule has 0 aliphatic carbocycles. The van der Waals surface area contributed by atoms with Crippen molar-refractivity contribution in [2.24, 2.45) is 0 Å². The Morgan fingerprint density at radius 2 is 2.10 bits per heavy atom. The highest BCUT2D eigenvalue weighted by atomic mass is 35.5. The Morgan fingerprint density at radius 3 is 2.73 bits per heavy atom. The molecule has 0 saturated heterocycles. The predicted octanol–water partition coefficient (Wildman–Crippen LogP) is 5.70. The van der Waals surface area contributed by atoms with E-state index in [-0.39, 0.29) is 11.9 Å². The number of furan rings is 1. The number of thioether (sulfide) groups is 1. The van der Waals surface area contributed by atoms with Gasteiger partial charge in [-0.2, -0.15) is 0 Å². The van der Waals surface area contributed by atoms with Gasteiger partial charge in [0.15, 0.2) is 11.0 Å². The summed E-state index contributed by atoms with van der Waals surface area (Å²) in [5, 5.41) is 12.9. The molecule has 1 aromatic carbocycles. The molecule has 0 saturated carbocycles. The molecular weight excluding hydrogens is 443 g/mol. The molecule has 1 N–H and O–H groups in total. The number of hydrogen-bond donors (Lipinski definition) is 1. The van der Waals surface area contributed by atoms with Crippen LogP contribution in [0, 0.1) is 6.92 Å². The van der Waals surface area contributed by atoms with Crippen LogP contribution in [0.1, 0.15) is 31.2 Å². The Kier molecular flexibility index (Phi) is 7.28. The number of nitrogens with one attached hydrogen (secondary N) is 1. The normalized spacial score (nSPS) is 13.1. The largest absolute Gasteiger partial charge is 0.469 e. The predicted molar refractivity (Wildman–Crippen MR) is 121 cm³/mol. The van der Waals surface area contributed by atoms with E-state index in [0.717, 1.165) is 16.9 Å². The van der Waals surface area contributed by atoms with Crippen molar-refractivity contribution in [3.8, 4) is 11.4 Å². The fraction of sp³-hybridized carbons (Fsp3) is 0.286. The Morgan fingerprint density at radius 1 is 1.33 bits per heavy atom. The topological polar surface area (TPSA) is 73.0 Å². The van der Waals surface area contributed by atoms with E-state index in [1.807, 2.05) is 37.5 Å². The monoisotopic (exact) mass is 464 g/mol.